The van der Waals surface area contributed by atoms with Crippen LogP contribution in [0.3, 0.4) is 0 Å². The Morgan fingerprint density at radius 1 is 0.923 bits per heavy atom. The van der Waals surface area contributed by atoms with Crippen molar-refractivity contribution in [2.75, 3.05) is 0 Å². The summed E-state index contributed by atoms with van der Waals surface area (Å²) in [5, 5.41) is 13.7. The van der Waals surface area contributed by atoms with Crippen molar-refractivity contribution in [3.05, 3.63) is 122 Å². The van der Waals surface area contributed by atoms with Gasteiger partial charge in [-0.25, -0.2) is 9.07 Å². The number of nitrogens with zero attached hydrogens (tertiary/aromatic N) is 5. The second kappa shape index (κ2) is 11.3. The van der Waals surface area contributed by atoms with Crippen LogP contribution < -0.4 is 5.56 Å². The van der Waals surface area contributed by atoms with Gasteiger partial charge in [0.25, 0.3) is 5.56 Å². The highest BCUT2D eigenvalue weighted by molar-refractivity contribution is 5.82. The van der Waals surface area contributed by atoms with E-state index < -0.39 is 0 Å². The normalized spacial score (nSPS) is 12.4. The van der Waals surface area contributed by atoms with Crippen LogP contribution in [0.15, 0.2) is 71.5 Å². The number of aryl methyl sites for hydroxylation is 3. The fourth-order valence-electron chi connectivity index (χ4n) is 5.20. The van der Waals surface area contributed by atoms with Gasteiger partial charge in [0.15, 0.2) is 5.82 Å². The average Bonchev–Trinajstić information content (AvgIpc) is 3.35. The Morgan fingerprint density at radius 3 is 2.36 bits per heavy atom. The van der Waals surface area contributed by atoms with E-state index in [1.54, 1.807) is 16.8 Å². The minimum absolute atomic E-state index is 0.0934. The van der Waals surface area contributed by atoms with Crippen LogP contribution in [0.4, 0.5) is 4.39 Å². The molecule has 5 rings (SSSR count). The molecule has 200 valence electrons. The van der Waals surface area contributed by atoms with Gasteiger partial charge in [0.05, 0.1) is 18.1 Å². The second-order valence-electron chi connectivity index (χ2n) is 10.3. The lowest BCUT2D eigenvalue weighted by Crippen LogP contribution is -2.32. The predicted octanol–water partition coefficient (Wildman–Crippen LogP) is 5.78. The molecule has 5 aromatic rings. The number of benzene rings is 3. The molecule has 0 amide bonds. The molecule has 0 aliphatic heterocycles. The standard InChI is InChI=1S/C31H33FN6O/c1-5-28(30-34-35-36-38(30)18-24-10-12-27(32)13-11-24)37(17-23-8-6-20(2)7-9-23)19-26-16-25-15-21(3)14-22(4)29(25)33-31(26)39/h6-16,28H,5,17-19H2,1-4H3,(H,33,39). The SMILES string of the molecule is CCC(c1nnnn1Cc1ccc(F)cc1)N(Cc1ccc(C)cc1)Cc1cc2cc(C)cc(C)c2[nH]c1=O. The fourth-order valence-corrected chi connectivity index (χ4v) is 5.20. The van der Waals surface area contributed by atoms with Gasteiger partial charge < -0.3 is 4.98 Å². The molecule has 1 N–H and O–H groups in total. The molecule has 0 radical (unpaired) electrons. The van der Waals surface area contributed by atoms with E-state index in [0.717, 1.165) is 39.6 Å². The van der Waals surface area contributed by atoms with E-state index in [1.807, 2.05) is 13.0 Å². The maximum atomic E-state index is 13.5. The number of hydrogen-bond donors (Lipinski definition) is 1. The van der Waals surface area contributed by atoms with Crippen LogP contribution in [0.5, 0.6) is 0 Å². The fraction of sp³-hybridized carbons (Fsp3) is 0.290. The summed E-state index contributed by atoms with van der Waals surface area (Å²) in [6.07, 6.45) is 0.735. The lowest BCUT2D eigenvalue weighted by atomic mass is 10.0. The lowest BCUT2D eigenvalue weighted by molar-refractivity contribution is 0.161. The van der Waals surface area contributed by atoms with Crippen LogP contribution in [0, 0.1) is 26.6 Å². The molecular weight excluding hydrogens is 491 g/mol. The van der Waals surface area contributed by atoms with Crippen molar-refractivity contribution in [3.8, 4) is 0 Å². The molecule has 2 heterocycles. The summed E-state index contributed by atoms with van der Waals surface area (Å²) in [7, 11) is 0. The van der Waals surface area contributed by atoms with Crippen molar-refractivity contribution in [2.45, 2.75) is 59.8 Å². The molecule has 3 aromatic carbocycles. The number of halogens is 1. The van der Waals surface area contributed by atoms with Gasteiger partial charge >= 0.3 is 0 Å². The molecule has 0 spiro atoms. The average molecular weight is 525 g/mol. The number of rotatable bonds is 9. The van der Waals surface area contributed by atoms with E-state index in [1.165, 1.54) is 17.7 Å². The van der Waals surface area contributed by atoms with Crippen molar-refractivity contribution < 1.29 is 4.39 Å². The molecule has 2 aromatic heterocycles. The first kappa shape index (κ1) is 26.4. The number of H-pyrrole nitrogens is 1. The van der Waals surface area contributed by atoms with Crippen molar-refractivity contribution >= 4 is 10.9 Å². The molecule has 8 heteroatoms. The van der Waals surface area contributed by atoms with E-state index in [4.69, 9.17) is 0 Å². The van der Waals surface area contributed by atoms with Crippen molar-refractivity contribution in [2.24, 2.45) is 0 Å². The third-order valence-electron chi connectivity index (χ3n) is 7.18. The maximum absolute atomic E-state index is 13.5. The Bertz CT molecular complexity index is 1640. The van der Waals surface area contributed by atoms with Gasteiger partial charge in [-0.15, -0.1) is 5.10 Å². The quantitative estimate of drug-likeness (QED) is 0.264. The van der Waals surface area contributed by atoms with E-state index >= 15 is 0 Å². The Morgan fingerprint density at radius 2 is 1.64 bits per heavy atom. The summed E-state index contributed by atoms with van der Waals surface area (Å²) in [4.78, 5) is 18.7. The third kappa shape index (κ3) is 5.96. The number of tetrazole rings is 1. The van der Waals surface area contributed by atoms with Gasteiger partial charge in [0.2, 0.25) is 0 Å². The zero-order chi connectivity index (χ0) is 27.5. The summed E-state index contributed by atoms with van der Waals surface area (Å²) in [6.45, 7) is 9.71. The molecule has 1 atom stereocenters. The van der Waals surface area contributed by atoms with Crippen LogP contribution in [0.2, 0.25) is 0 Å². The number of aromatic amines is 1. The first-order chi connectivity index (χ1) is 18.8. The van der Waals surface area contributed by atoms with Crippen LogP contribution in [0.1, 0.15) is 58.6 Å². The molecule has 0 saturated heterocycles. The summed E-state index contributed by atoms with van der Waals surface area (Å²) in [5.74, 6) is 0.426. The highest BCUT2D eigenvalue weighted by atomic mass is 19.1. The van der Waals surface area contributed by atoms with Gasteiger partial charge in [0.1, 0.15) is 5.82 Å². The van der Waals surface area contributed by atoms with E-state index in [2.05, 4.69) is 82.6 Å². The van der Waals surface area contributed by atoms with Crippen molar-refractivity contribution in [1.82, 2.24) is 30.1 Å². The lowest BCUT2D eigenvalue weighted by Gasteiger charge is -2.30. The first-order valence-corrected chi connectivity index (χ1v) is 13.2. The molecule has 1 unspecified atom stereocenters. The van der Waals surface area contributed by atoms with Crippen LogP contribution in [0.25, 0.3) is 10.9 Å². The first-order valence-electron chi connectivity index (χ1n) is 13.2. The predicted molar refractivity (Wildman–Crippen MR) is 151 cm³/mol. The largest absolute Gasteiger partial charge is 0.321 e. The van der Waals surface area contributed by atoms with Crippen LogP contribution >= 0.6 is 0 Å². The minimum Gasteiger partial charge on any atom is -0.321 e. The van der Waals surface area contributed by atoms with Crippen molar-refractivity contribution in [1.29, 1.82) is 0 Å². The molecule has 0 saturated carbocycles. The summed E-state index contributed by atoms with van der Waals surface area (Å²) in [5.41, 5.74) is 6.91. The maximum Gasteiger partial charge on any atom is 0.252 e. The molecule has 7 nitrogen and oxygen atoms in total. The molecule has 0 fully saturated rings. The van der Waals surface area contributed by atoms with E-state index in [0.29, 0.717) is 31.0 Å². The Kier molecular flexibility index (Phi) is 7.65. The van der Waals surface area contributed by atoms with Gasteiger partial charge in [-0.3, -0.25) is 9.69 Å². The monoisotopic (exact) mass is 524 g/mol. The van der Waals surface area contributed by atoms with E-state index in [-0.39, 0.29) is 17.4 Å². The molecule has 0 bridgehead atoms. The highest BCUT2D eigenvalue weighted by Gasteiger charge is 2.26. The minimum atomic E-state index is -0.280. The van der Waals surface area contributed by atoms with Gasteiger partial charge in [0, 0.05) is 18.7 Å². The third-order valence-corrected chi connectivity index (χ3v) is 7.18. The molecule has 39 heavy (non-hydrogen) atoms. The highest BCUT2D eigenvalue weighted by Crippen LogP contribution is 2.27. The number of nitrogens with one attached hydrogen (secondary N) is 1. The molecular formula is C31H33FN6O. The van der Waals surface area contributed by atoms with Crippen LogP contribution in [-0.4, -0.2) is 30.1 Å². The summed E-state index contributed by atoms with van der Waals surface area (Å²) >= 11 is 0. The number of hydrogen-bond acceptors (Lipinski definition) is 5. The zero-order valence-corrected chi connectivity index (χ0v) is 22.8. The summed E-state index contributed by atoms with van der Waals surface area (Å²) in [6, 6.07) is 20.8. The van der Waals surface area contributed by atoms with E-state index in [9.17, 15) is 9.18 Å². The molecule has 0 aliphatic carbocycles. The number of fused-ring (bicyclic) bond motifs is 1. The van der Waals surface area contributed by atoms with Gasteiger partial charge in [-0.1, -0.05) is 60.5 Å². The Balaban J connectivity index is 1.53. The number of pyridine rings is 1. The molecule has 0 aliphatic rings. The Hall–Kier alpha value is -4.17. The summed E-state index contributed by atoms with van der Waals surface area (Å²) < 4.78 is 15.2. The van der Waals surface area contributed by atoms with Gasteiger partial charge in [-0.2, -0.15) is 0 Å². The van der Waals surface area contributed by atoms with Gasteiger partial charge in [-0.05, 0) is 84.0 Å². The smallest absolute Gasteiger partial charge is 0.252 e. The Labute approximate surface area is 227 Å². The topological polar surface area (TPSA) is 79.7 Å². The second-order valence-corrected chi connectivity index (χ2v) is 10.3. The van der Waals surface area contributed by atoms with Crippen LogP contribution in [-0.2, 0) is 19.6 Å². The number of aromatic nitrogens is 5. The van der Waals surface area contributed by atoms with Crippen molar-refractivity contribution in [3.63, 3.8) is 0 Å². The zero-order valence-electron chi connectivity index (χ0n) is 22.8.